The minimum atomic E-state index is -0.181. The Kier molecular flexibility index (Phi) is 4.72. The van der Waals surface area contributed by atoms with Crippen LogP contribution in [0.15, 0.2) is 24.3 Å². The Morgan fingerprint density at radius 2 is 2.24 bits per heavy atom. The number of benzene rings is 1. The van der Waals surface area contributed by atoms with Crippen molar-refractivity contribution in [1.29, 1.82) is 0 Å². The number of fused-ring (bicyclic) bond motifs is 2. The zero-order valence-electron chi connectivity index (χ0n) is 15.3. The Bertz CT molecular complexity index is 624. The molecule has 1 aromatic carbocycles. The predicted octanol–water partition coefficient (Wildman–Crippen LogP) is 2.87. The molecule has 3 atom stereocenters. The fourth-order valence-corrected chi connectivity index (χ4v) is 5.51. The third-order valence-corrected chi connectivity index (χ3v) is 6.68. The van der Waals surface area contributed by atoms with E-state index in [0.717, 1.165) is 57.1 Å². The van der Waals surface area contributed by atoms with E-state index in [1.54, 1.807) is 7.11 Å². The van der Waals surface area contributed by atoms with Crippen LogP contribution in [0.3, 0.4) is 0 Å². The number of nitrogens with one attached hydrogen (secondary N) is 1. The molecular formula is C21H30N2O2. The van der Waals surface area contributed by atoms with Crippen LogP contribution >= 0.6 is 0 Å². The number of hydrogen-bond acceptors (Lipinski definition) is 3. The molecule has 3 fully saturated rings. The standard InChI is InChI=1S/C21H30N2O2/c1-25-19-5-2-4-16(13-19)14-21(15-17-6-7-18(21)12-17)20(24)23-10-3-8-22-9-11-23/h2,4-5,13,17-18,22H,3,6-12,14-15H2,1H3. The molecule has 2 bridgehead atoms. The second-order valence-corrected chi connectivity index (χ2v) is 8.16. The van der Waals surface area contributed by atoms with E-state index < -0.39 is 0 Å². The molecular weight excluding hydrogens is 312 g/mol. The van der Waals surface area contributed by atoms with E-state index in [9.17, 15) is 4.79 Å². The molecule has 136 valence electrons. The summed E-state index contributed by atoms with van der Waals surface area (Å²) in [7, 11) is 1.71. The molecule has 1 heterocycles. The van der Waals surface area contributed by atoms with Crippen LogP contribution in [0.25, 0.3) is 0 Å². The molecule has 4 nitrogen and oxygen atoms in total. The first-order valence-electron chi connectivity index (χ1n) is 9.84. The number of carbonyl (C=O) groups excluding carboxylic acids is 1. The minimum absolute atomic E-state index is 0.181. The fraction of sp³-hybridized carbons (Fsp3) is 0.667. The van der Waals surface area contributed by atoms with Gasteiger partial charge in [-0.05, 0) is 68.2 Å². The van der Waals surface area contributed by atoms with Crippen molar-refractivity contribution >= 4 is 5.91 Å². The van der Waals surface area contributed by atoms with Gasteiger partial charge in [0, 0.05) is 19.6 Å². The van der Waals surface area contributed by atoms with Crippen molar-refractivity contribution in [2.24, 2.45) is 17.3 Å². The number of methoxy groups -OCH3 is 1. The molecule has 3 aliphatic rings. The molecule has 0 aromatic heterocycles. The maximum atomic E-state index is 13.7. The zero-order valence-corrected chi connectivity index (χ0v) is 15.3. The number of ether oxygens (including phenoxy) is 1. The first-order chi connectivity index (χ1) is 12.2. The van der Waals surface area contributed by atoms with Gasteiger partial charge in [0.1, 0.15) is 5.75 Å². The molecule has 0 radical (unpaired) electrons. The van der Waals surface area contributed by atoms with E-state index in [1.807, 2.05) is 6.07 Å². The van der Waals surface area contributed by atoms with Crippen LogP contribution in [0, 0.1) is 17.3 Å². The summed E-state index contributed by atoms with van der Waals surface area (Å²) in [4.78, 5) is 15.8. The Morgan fingerprint density at radius 3 is 3.00 bits per heavy atom. The molecule has 4 rings (SSSR count). The van der Waals surface area contributed by atoms with Crippen molar-refractivity contribution < 1.29 is 9.53 Å². The van der Waals surface area contributed by atoms with Crippen molar-refractivity contribution in [2.45, 2.75) is 38.5 Å². The highest BCUT2D eigenvalue weighted by atomic mass is 16.5. The molecule has 25 heavy (non-hydrogen) atoms. The van der Waals surface area contributed by atoms with Gasteiger partial charge in [-0.3, -0.25) is 4.79 Å². The zero-order chi connectivity index (χ0) is 17.3. The molecule has 1 saturated heterocycles. The lowest BCUT2D eigenvalue weighted by atomic mass is 9.68. The van der Waals surface area contributed by atoms with Gasteiger partial charge in [-0.1, -0.05) is 18.6 Å². The second kappa shape index (κ2) is 6.99. The molecule has 3 unspecified atom stereocenters. The molecule has 1 aromatic rings. The lowest BCUT2D eigenvalue weighted by Crippen LogP contribution is -2.49. The van der Waals surface area contributed by atoms with Crippen LogP contribution in [0.2, 0.25) is 0 Å². The van der Waals surface area contributed by atoms with Crippen molar-refractivity contribution in [3.63, 3.8) is 0 Å². The van der Waals surface area contributed by atoms with Gasteiger partial charge in [0.2, 0.25) is 5.91 Å². The summed E-state index contributed by atoms with van der Waals surface area (Å²) in [5.74, 6) is 2.63. The maximum absolute atomic E-state index is 13.7. The first kappa shape index (κ1) is 16.9. The van der Waals surface area contributed by atoms with Gasteiger partial charge < -0.3 is 15.0 Å². The van der Waals surface area contributed by atoms with E-state index in [-0.39, 0.29) is 5.41 Å². The van der Waals surface area contributed by atoms with Crippen LogP contribution in [-0.4, -0.2) is 44.1 Å². The summed E-state index contributed by atoms with van der Waals surface area (Å²) >= 11 is 0. The highest BCUT2D eigenvalue weighted by Gasteiger charge is 2.56. The third kappa shape index (κ3) is 3.17. The van der Waals surface area contributed by atoms with Gasteiger partial charge in [0.15, 0.2) is 0 Å². The normalized spacial score (nSPS) is 31.8. The minimum Gasteiger partial charge on any atom is -0.497 e. The molecule has 1 N–H and O–H groups in total. The number of rotatable bonds is 4. The van der Waals surface area contributed by atoms with Crippen LogP contribution < -0.4 is 10.1 Å². The lowest BCUT2D eigenvalue weighted by Gasteiger charge is -2.40. The lowest BCUT2D eigenvalue weighted by molar-refractivity contribution is -0.145. The highest BCUT2D eigenvalue weighted by Crippen LogP contribution is 2.58. The molecule has 1 amide bonds. The van der Waals surface area contributed by atoms with Gasteiger partial charge in [0.05, 0.1) is 12.5 Å². The number of nitrogens with zero attached hydrogens (tertiary/aromatic N) is 1. The Hall–Kier alpha value is -1.55. The van der Waals surface area contributed by atoms with E-state index in [2.05, 4.69) is 28.4 Å². The van der Waals surface area contributed by atoms with E-state index in [0.29, 0.717) is 11.8 Å². The largest absolute Gasteiger partial charge is 0.497 e. The van der Waals surface area contributed by atoms with Gasteiger partial charge in [-0.15, -0.1) is 0 Å². The molecule has 2 aliphatic carbocycles. The van der Waals surface area contributed by atoms with Gasteiger partial charge in [-0.2, -0.15) is 0 Å². The van der Waals surface area contributed by atoms with E-state index in [1.165, 1.54) is 24.8 Å². The average Bonchev–Trinajstić information content (AvgIpc) is 3.13. The summed E-state index contributed by atoms with van der Waals surface area (Å²) in [6.45, 7) is 3.72. The molecule has 0 spiro atoms. The SMILES string of the molecule is COc1cccc(CC2(C(=O)N3CCCNCC3)CC3CCC2C3)c1. The molecule has 1 aliphatic heterocycles. The molecule has 2 saturated carbocycles. The highest BCUT2D eigenvalue weighted by molar-refractivity contribution is 5.84. The Morgan fingerprint density at radius 1 is 1.32 bits per heavy atom. The first-order valence-corrected chi connectivity index (χ1v) is 9.84. The summed E-state index contributed by atoms with van der Waals surface area (Å²) in [6.07, 6.45) is 6.81. The van der Waals surface area contributed by atoms with Gasteiger partial charge >= 0.3 is 0 Å². The van der Waals surface area contributed by atoms with Crippen molar-refractivity contribution in [3.8, 4) is 5.75 Å². The quantitative estimate of drug-likeness (QED) is 0.915. The maximum Gasteiger partial charge on any atom is 0.229 e. The van der Waals surface area contributed by atoms with Crippen LogP contribution in [-0.2, 0) is 11.2 Å². The smallest absolute Gasteiger partial charge is 0.229 e. The average molecular weight is 342 g/mol. The fourth-order valence-electron chi connectivity index (χ4n) is 5.51. The Balaban J connectivity index is 1.62. The van der Waals surface area contributed by atoms with E-state index in [4.69, 9.17) is 4.74 Å². The second-order valence-electron chi connectivity index (χ2n) is 8.16. The van der Waals surface area contributed by atoms with Crippen molar-refractivity contribution in [3.05, 3.63) is 29.8 Å². The summed E-state index contributed by atoms with van der Waals surface area (Å²) in [5, 5.41) is 3.42. The third-order valence-electron chi connectivity index (χ3n) is 6.68. The van der Waals surface area contributed by atoms with Crippen molar-refractivity contribution in [1.82, 2.24) is 10.2 Å². The number of amides is 1. The van der Waals surface area contributed by atoms with Crippen LogP contribution in [0.1, 0.15) is 37.7 Å². The van der Waals surface area contributed by atoms with Crippen LogP contribution in [0.5, 0.6) is 5.75 Å². The van der Waals surface area contributed by atoms with Gasteiger partial charge in [0.25, 0.3) is 0 Å². The Labute approximate surface area is 150 Å². The summed E-state index contributed by atoms with van der Waals surface area (Å²) in [5.41, 5.74) is 1.06. The predicted molar refractivity (Wildman–Crippen MR) is 98.6 cm³/mol. The molecule has 4 heteroatoms. The number of hydrogen-bond donors (Lipinski definition) is 1. The van der Waals surface area contributed by atoms with Gasteiger partial charge in [-0.25, -0.2) is 0 Å². The topological polar surface area (TPSA) is 41.6 Å². The summed E-state index contributed by atoms with van der Waals surface area (Å²) in [6, 6.07) is 8.31. The van der Waals surface area contributed by atoms with E-state index >= 15 is 0 Å². The van der Waals surface area contributed by atoms with Crippen LogP contribution in [0.4, 0.5) is 0 Å². The summed E-state index contributed by atoms with van der Waals surface area (Å²) < 4.78 is 5.40. The van der Waals surface area contributed by atoms with Crippen molar-refractivity contribution in [2.75, 3.05) is 33.3 Å². The number of carbonyl (C=O) groups is 1. The monoisotopic (exact) mass is 342 g/mol.